The maximum atomic E-state index is 12.4. The topological polar surface area (TPSA) is 87.2 Å². The maximum absolute atomic E-state index is 12.4. The first-order valence-electron chi connectivity index (χ1n) is 10.1. The van der Waals surface area contributed by atoms with E-state index in [1.807, 2.05) is 36.4 Å². The molecule has 1 saturated carbocycles. The van der Waals surface area contributed by atoms with E-state index in [0.717, 1.165) is 48.2 Å². The van der Waals surface area contributed by atoms with Gasteiger partial charge in [0, 0.05) is 23.6 Å². The molecule has 2 amide bonds. The number of carbonyl (C=O) groups excluding carboxylic acids is 2. The van der Waals surface area contributed by atoms with Crippen molar-refractivity contribution in [1.29, 1.82) is 0 Å². The molecule has 2 N–H and O–H groups in total. The third-order valence-corrected chi connectivity index (χ3v) is 6.78. The molecule has 30 heavy (non-hydrogen) atoms. The van der Waals surface area contributed by atoms with Gasteiger partial charge in [-0.15, -0.1) is 10.2 Å². The van der Waals surface area contributed by atoms with Crippen LogP contribution in [0.4, 0.5) is 11.5 Å². The number of thioether (sulfide) groups is 1. The molecule has 1 aliphatic carbocycles. The van der Waals surface area contributed by atoms with Gasteiger partial charge in [-0.3, -0.25) is 9.59 Å². The quantitative estimate of drug-likeness (QED) is 0.579. The van der Waals surface area contributed by atoms with Crippen molar-refractivity contribution in [3.05, 3.63) is 40.9 Å². The molecular weight excluding hydrogens is 466 g/mol. The summed E-state index contributed by atoms with van der Waals surface area (Å²) in [5, 5.41) is 15.3. The highest BCUT2D eigenvalue weighted by molar-refractivity contribution is 9.10. The number of aromatic nitrogens is 2. The molecular formula is C21H24BrN5O2S. The first-order valence-corrected chi connectivity index (χ1v) is 11.9. The number of piperidine rings is 1. The Bertz CT molecular complexity index is 907. The number of amides is 2. The Hall–Kier alpha value is -2.13. The molecule has 2 aliphatic rings. The molecule has 1 atom stereocenters. The Labute approximate surface area is 188 Å². The molecule has 0 unspecified atom stereocenters. The van der Waals surface area contributed by atoms with E-state index in [4.69, 9.17) is 0 Å². The van der Waals surface area contributed by atoms with E-state index >= 15 is 0 Å². The van der Waals surface area contributed by atoms with Gasteiger partial charge in [-0.2, -0.15) is 0 Å². The van der Waals surface area contributed by atoms with E-state index < -0.39 is 0 Å². The van der Waals surface area contributed by atoms with Crippen LogP contribution in [-0.2, 0) is 9.59 Å². The number of carbonyl (C=O) groups is 2. The fraction of sp³-hybridized carbons (Fsp3) is 0.429. The predicted molar refractivity (Wildman–Crippen MR) is 122 cm³/mol. The summed E-state index contributed by atoms with van der Waals surface area (Å²) in [6.45, 7) is 1.55. The minimum absolute atomic E-state index is 0.0104. The van der Waals surface area contributed by atoms with Gasteiger partial charge in [0.05, 0.1) is 17.4 Å². The number of benzene rings is 1. The SMILES string of the molecule is O=C(CSc1ccc(N2CCC[C@@H](C(=O)NC3CC3)C2)nn1)Nc1ccccc1Br. The van der Waals surface area contributed by atoms with Gasteiger partial charge in [0.1, 0.15) is 5.03 Å². The van der Waals surface area contributed by atoms with Gasteiger partial charge in [-0.05, 0) is 65.9 Å². The summed E-state index contributed by atoms with van der Waals surface area (Å²) < 4.78 is 0.846. The summed E-state index contributed by atoms with van der Waals surface area (Å²) in [5.41, 5.74) is 0.745. The summed E-state index contributed by atoms with van der Waals surface area (Å²) in [6, 6.07) is 11.7. The normalized spacial score (nSPS) is 18.7. The van der Waals surface area contributed by atoms with Crippen LogP contribution in [0.3, 0.4) is 0 Å². The molecule has 2 aromatic rings. The van der Waals surface area contributed by atoms with E-state index in [0.29, 0.717) is 17.6 Å². The molecule has 1 saturated heterocycles. The van der Waals surface area contributed by atoms with Gasteiger partial charge in [-0.25, -0.2) is 0 Å². The molecule has 1 aliphatic heterocycles. The molecule has 9 heteroatoms. The number of rotatable bonds is 7. The highest BCUT2D eigenvalue weighted by atomic mass is 79.9. The zero-order valence-corrected chi connectivity index (χ0v) is 18.9. The second kappa shape index (κ2) is 9.78. The van der Waals surface area contributed by atoms with Gasteiger partial charge in [0.25, 0.3) is 0 Å². The molecule has 158 valence electrons. The average Bonchev–Trinajstić information content (AvgIpc) is 3.58. The van der Waals surface area contributed by atoms with Crippen LogP contribution in [0.15, 0.2) is 45.9 Å². The maximum Gasteiger partial charge on any atom is 0.234 e. The van der Waals surface area contributed by atoms with Crippen LogP contribution in [-0.4, -0.2) is 46.9 Å². The number of halogens is 1. The highest BCUT2D eigenvalue weighted by Gasteiger charge is 2.30. The number of anilines is 2. The first kappa shape index (κ1) is 21.1. The lowest BCUT2D eigenvalue weighted by Crippen LogP contribution is -2.44. The molecule has 1 aromatic carbocycles. The number of nitrogens with one attached hydrogen (secondary N) is 2. The average molecular weight is 490 g/mol. The minimum Gasteiger partial charge on any atom is -0.354 e. The van der Waals surface area contributed by atoms with Crippen molar-refractivity contribution in [1.82, 2.24) is 15.5 Å². The van der Waals surface area contributed by atoms with Crippen LogP contribution >= 0.6 is 27.7 Å². The summed E-state index contributed by atoms with van der Waals surface area (Å²) in [7, 11) is 0. The van der Waals surface area contributed by atoms with Gasteiger partial charge in [0.15, 0.2) is 5.82 Å². The number of nitrogens with zero attached hydrogens (tertiary/aromatic N) is 3. The van der Waals surface area contributed by atoms with Crippen LogP contribution in [0.1, 0.15) is 25.7 Å². The molecule has 7 nitrogen and oxygen atoms in total. The van der Waals surface area contributed by atoms with Crippen molar-refractivity contribution in [3.63, 3.8) is 0 Å². The van der Waals surface area contributed by atoms with Gasteiger partial charge in [0.2, 0.25) is 11.8 Å². The van der Waals surface area contributed by atoms with Crippen molar-refractivity contribution in [2.45, 2.75) is 36.8 Å². The van der Waals surface area contributed by atoms with Crippen LogP contribution in [0.5, 0.6) is 0 Å². The summed E-state index contributed by atoms with van der Waals surface area (Å²) in [4.78, 5) is 26.7. The van der Waals surface area contributed by atoms with E-state index in [-0.39, 0.29) is 23.5 Å². The third-order valence-electron chi connectivity index (χ3n) is 5.16. The summed E-state index contributed by atoms with van der Waals surface area (Å²) in [6.07, 6.45) is 4.10. The monoisotopic (exact) mass is 489 g/mol. The lowest BCUT2D eigenvalue weighted by molar-refractivity contribution is -0.125. The van der Waals surface area contributed by atoms with Crippen molar-refractivity contribution in [2.75, 3.05) is 29.1 Å². The van der Waals surface area contributed by atoms with Gasteiger partial charge in [-0.1, -0.05) is 23.9 Å². The van der Waals surface area contributed by atoms with E-state index in [9.17, 15) is 9.59 Å². The van der Waals surface area contributed by atoms with E-state index in [1.165, 1.54) is 11.8 Å². The fourth-order valence-electron chi connectivity index (χ4n) is 3.39. The highest BCUT2D eigenvalue weighted by Crippen LogP contribution is 2.26. The first-order chi connectivity index (χ1) is 14.6. The lowest BCUT2D eigenvalue weighted by Gasteiger charge is -2.32. The standard InChI is InChI=1S/C21H24BrN5O2S/c22-16-5-1-2-6-17(16)24-19(28)13-30-20-10-9-18(25-26-20)27-11-3-4-14(12-27)21(29)23-15-7-8-15/h1-2,5-6,9-10,14-15H,3-4,7-8,11-13H2,(H,23,29)(H,24,28)/t14-/m1/s1. The second-order valence-electron chi connectivity index (χ2n) is 7.61. The lowest BCUT2D eigenvalue weighted by atomic mass is 9.97. The Kier molecular flexibility index (Phi) is 6.89. The van der Waals surface area contributed by atoms with Gasteiger partial charge >= 0.3 is 0 Å². The minimum atomic E-state index is -0.0988. The summed E-state index contributed by atoms with van der Waals surface area (Å²) >= 11 is 4.77. The van der Waals surface area contributed by atoms with Crippen LogP contribution in [0, 0.1) is 5.92 Å². The van der Waals surface area contributed by atoms with E-state index in [2.05, 4.69) is 41.7 Å². The number of hydrogen-bond acceptors (Lipinski definition) is 6. The zero-order valence-electron chi connectivity index (χ0n) is 16.5. The molecule has 1 aromatic heterocycles. The fourth-order valence-corrected chi connectivity index (χ4v) is 4.39. The third kappa shape index (κ3) is 5.72. The molecule has 0 spiro atoms. The van der Waals surface area contributed by atoms with Crippen molar-refractivity contribution >= 4 is 51.0 Å². The predicted octanol–water partition coefficient (Wildman–Crippen LogP) is 3.46. The number of hydrogen-bond donors (Lipinski definition) is 2. The largest absolute Gasteiger partial charge is 0.354 e. The Morgan fingerprint density at radius 1 is 1.13 bits per heavy atom. The van der Waals surface area contributed by atoms with Crippen LogP contribution < -0.4 is 15.5 Å². The second-order valence-corrected chi connectivity index (χ2v) is 9.46. The van der Waals surface area contributed by atoms with Crippen LogP contribution in [0.25, 0.3) is 0 Å². The Balaban J connectivity index is 1.27. The van der Waals surface area contributed by atoms with Crippen molar-refractivity contribution < 1.29 is 9.59 Å². The molecule has 0 radical (unpaired) electrons. The van der Waals surface area contributed by atoms with Crippen molar-refractivity contribution in [2.24, 2.45) is 5.92 Å². The Morgan fingerprint density at radius 3 is 2.70 bits per heavy atom. The molecule has 4 rings (SSSR count). The van der Waals surface area contributed by atoms with Crippen molar-refractivity contribution in [3.8, 4) is 0 Å². The van der Waals surface area contributed by atoms with Gasteiger partial charge < -0.3 is 15.5 Å². The number of para-hydroxylation sites is 1. The Morgan fingerprint density at radius 2 is 1.97 bits per heavy atom. The van der Waals surface area contributed by atoms with Crippen LogP contribution in [0.2, 0.25) is 0 Å². The van der Waals surface area contributed by atoms with E-state index in [1.54, 1.807) is 0 Å². The zero-order chi connectivity index (χ0) is 20.9. The molecule has 0 bridgehead atoms. The molecule has 2 fully saturated rings. The smallest absolute Gasteiger partial charge is 0.234 e. The molecule has 2 heterocycles. The summed E-state index contributed by atoms with van der Waals surface area (Å²) in [5.74, 6) is 1.11.